The maximum atomic E-state index is 12.9. The Kier molecular flexibility index (Phi) is 4.40. The highest BCUT2D eigenvalue weighted by atomic mass is 19.1. The number of ether oxygens (including phenoxy) is 1. The van der Waals surface area contributed by atoms with E-state index in [0.717, 1.165) is 10.9 Å². The van der Waals surface area contributed by atoms with Gasteiger partial charge in [0, 0.05) is 22.1 Å². The zero-order valence-corrected chi connectivity index (χ0v) is 14.2. The fourth-order valence-electron chi connectivity index (χ4n) is 2.64. The molecule has 3 aromatic rings. The lowest BCUT2D eigenvalue weighted by Gasteiger charge is -2.12. The van der Waals surface area contributed by atoms with Crippen LogP contribution in [0.5, 0.6) is 5.75 Å². The molecule has 4 nitrogen and oxygen atoms in total. The smallest absolute Gasteiger partial charge is 0.339 e. The average Bonchev–Trinajstić information content (AvgIpc) is 2.60. The molecule has 0 unspecified atom stereocenters. The molecule has 25 heavy (non-hydrogen) atoms. The van der Waals surface area contributed by atoms with Crippen molar-refractivity contribution in [3.63, 3.8) is 0 Å². The first-order chi connectivity index (χ1) is 11.9. The Balaban J connectivity index is 1.88. The molecule has 0 radical (unpaired) electrons. The van der Waals surface area contributed by atoms with Gasteiger partial charge >= 0.3 is 5.63 Å². The van der Waals surface area contributed by atoms with Crippen LogP contribution in [0, 0.1) is 26.6 Å². The molecule has 128 valence electrons. The van der Waals surface area contributed by atoms with Crippen LogP contribution in [-0.2, 0) is 0 Å². The quantitative estimate of drug-likeness (QED) is 0.529. The summed E-state index contributed by atoms with van der Waals surface area (Å²) in [6.07, 6.45) is 0. The van der Waals surface area contributed by atoms with Crippen LogP contribution >= 0.6 is 0 Å². The third-order valence-electron chi connectivity index (χ3n) is 4.35. The molecule has 2 aromatic carbocycles. The van der Waals surface area contributed by atoms with Gasteiger partial charge in [0.1, 0.15) is 17.1 Å². The van der Waals surface area contributed by atoms with Crippen LogP contribution in [0.2, 0.25) is 0 Å². The Hall–Kier alpha value is -2.95. The van der Waals surface area contributed by atoms with Gasteiger partial charge < -0.3 is 9.15 Å². The first-order valence-electron chi connectivity index (χ1n) is 7.83. The van der Waals surface area contributed by atoms with Gasteiger partial charge in [0.15, 0.2) is 12.4 Å². The lowest BCUT2D eigenvalue weighted by molar-refractivity contribution is 0.0921. The lowest BCUT2D eigenvalue weighted by Crippen LogP contribution is -2.12. The number of hydrogen-bond acceptors (Lipinski definition) is 4. The number of halogens is 1. The standard InChI is InChI=1S/C20H17FO4/c1-11-12(2)20(23)25-19-13(3)18(9-8-16(11)19)24-10-17(22)14-4-6-15(21)7-5-14/h4-9H,10H2,1-3H3. The van der Waals surface area contributed by atoms with Crippen molar-refractivity contribution in [2.45, 2.75) is 20.8 Å². The molecular weight excluding hydrogens is 323 g/mol. The lowest BCUT2D eigenvalue weighted by atomic mass is 10.0. The summed E-state index contributed by atoms with van der Waals surface area (Å²) >= 11 is 0. The van der Waals surface area contributed by atoms with E-state index in [0.29, 0.717) is 28.0 Å². The number of aryl methyl sites for hydroxylation is 2. The van der Waals surface area contributed by atoms with Gasteiger partial charge in [-0.1, -0.05) is 0 Å². The van der Waals surface area contributed by atoms with Gasteiger partial charge in [0.25, 0.3) is 0 Å². The predicted octanol–water partition coefficient (Wildman–Crippen LogP) is 4.12. The number of fused-ring (bicyclic) bond motifs is 1. The molecule has 1 aromatic heterocycles. The van der Waals surface area contributed by atoms with E-state index in [-0.39, 0.29) is 18.0 Å². The predicted molar refractivity (Wildman–Crippen MR) is 92.9 cm³/mol. The molecule has 1 heterocycles. The molecule has 0 spiro atoms. The number of Topliss-reactive ketones (excluding diaryl/α,β-unsaturated/α-hetero) is 1. The second-order valence-electron chi connectivity index (χ2n) is 5.92. The van der Waals surface area contributed by atoms with E-state index < -0.39 is 5.82 Å². The molecule has 0 bridgehead atoms. The van der Waals surface area contributed by atoms with Crippen LogP contribution in [0.15, 0.2) is 45.6 Å². The molecular formula is C20H17FO4. The van der Waals surface area contributed by atoms with E-state index in [9.17, 15) is 14.0 Å². The van der Waals surface area contributed by atoms with Crippen molar-refractivity contribution in [2.75, 3.05) is 6.61 Å². The summed E-state index contributed by atoms with van der Waals surface area (Å²) in [5, 5.41) is 0.840. The Morgan fingerprint density at radius 2 is 1.68 bits per heavy atom. The van der Waals surface area contributed by atoms with Crippen LogP contribution < -0.4 is 10.4 Å². The van der Waals surface area contributed by atoms with Gasteiger partial charge in [-0.15, -0.1) is 0 Å². The summed E-state index contributed by atoms with van der Waals surface area (Å²) in [6.45, 7) is 5.18. The summed E-state index contributed by atoms with van der Waals surface area (Å²) in [5.74, 6) is -0.195. The van der Waals surface area contributed by atoms with E-state index in [1.807, 2.05) is 13.0 Å². The Labute approximate surface area is 143 Å². The molecule has 0 fully saturated rings. The molecule has 0 amide bonds. The van der Waals surface area contributed by atoms with Crippen LogP contribution in [0.25, 0.3) is 11.0 Å². The highest BCUT2D eigenvalue weighted by Gasteiger charge is 2.14. The first-order valence-corrected chi connectivity index (χ1v) is 7.83. The number of ketones is 1. The monoisotopic (exact) mass is 340 g/mol. The zero-order valence-electron chi connectivity index (χ0n) is 14.2. The Bertz CT molecular complexity index is 1020. The van der Waals surface area contributed by atoms with E-state index in [1.54, 1.807) is 19.9 Å². The van der Waals surface area contributed by atoms with Gasteiger partial charge in [0.05, 0.1) is 0 Å². The highest BCUT2D eigenvalue weighted by Crippen LogP contribution is 2.29. The molecule has 0 atom stereocenters. The zero-order chi connectivity index (χ0) is 18.1. The maximum absolute atomic E-state index is 12.9. The number of carbonyl (C=O) groups excluding carboxylic acids is 1. The maximum Gasteiger partial charge on any atom is 0.339 e. The van der Waals surface area contributed by atoms with Crippen molar-refractivity contribution in [3.05, 3.63) is 74.9 Å². The SMILES string of the molecule is Cc1c(C)c2ccc(OCC(=O)c3ccc(F)cc3)c(C)c2oc1=O. The minimum atomic E-state index is -0.400. The molecule has 0 N–H and O–H groups in total. The van der Waals surface area contributed by atoms with E-state index in [4.69, 9.17) is 9.15 Å². The summed E-state index contributed by atoms with van der Waals surface area (Å²) in [4.78, 5) is 24.0. The van der Waals surface area contributed by atoms with Crippen LogP contribution in [0.3, 0.4) is 0 Å². The van der Waals surface area contributed by atoms with Gasteiger partial charge in [0.2, 0.25) is 0 Å². The molecule has 0 aliphatic rings. The molecule has 0 aliphatic heterocycles. The van der Waals surface area contributed by atoms with Gasteiger partial charge in [-0.25, -0.2) is 9.18 Å². The molecule has 5 heteroatoms. The second kappa shape index (κ2) is 6.51. The number of hydrogen-bond donors (Lipinski definition) is 0. The van der Waals surface area contributed by atoms with Crippen molar-refractivity contribution >= 4 is 16.8 Å². The van der Waals surface area contributed by atoms with Crippen molar-refractivity contribution in [1.29, 1.82) is 0 Å². The number of benzene rings is 2. The summed E-state index contributed by atoms with van der Waals surface area (Å²) in [6, 6.07) is 8.86. The van der Waals surface area contributed by atoms with Crippen molar-refractivity contribution in [2.24, 2.45) is 0 Å². The van der Waals surface area contributed by atoms with Gasteiger partial charge in [-0.3, -0.25) is 4.79 Å². The second-order valence-corrected chi connectivity index (χ2v) is 5.92. The fraction of sp³-hybridized carbons (Fsp3) is 0.200. The minimum Gasteiger partial charge on any atom is -0.485 e. The first kappa shape index (κ1) is 16.9. The number of rotatable bonds is 4. The molecule has 0 aliphatic carbocycles. The van der Waals surface area contributed by atoms with Gasteiger partial charge in [-0.05, 0) is 62.7 Å². The third-order valence-corrected chi connectivity index (χ3v) is 4.35. The van der Waals surface area contributed by atoms with Crippen molar-refractivity contribution in [3.8, 4) is 5.75 Å². The van der Waals surface area contributed by atoms with Crippen LogP contribution in [-0.4, -0.2) is 12.4 Å². The number of carbonyl (C=O) groups is 1. The molecule has 0 saturated heterocycles. The van der Waals surface area contributed by atoms with E-state index in [1.165, 1.54) is 24.3 Å². The normalized spacial score (nSPS) is 10.9. The Morgan fingerprint density at radius 3 is 2.36 bits per heavy atom. The molecule has 3 rings (SSSR count). The molecule has 0 saturated carbocycles. The topological polar surface area (TPSA) is 56.5 Å². The summed E-state index contributed by atoms with van der Waals surface area (Å²) in [7, 11) is 0. The third kappa shape index (κ3) is 3.18. The van der Waals surface area contributed by atoms with Crippen LogP contribution in [0.1, 0.15) is 27.0 Å². The Morgan fingerprint density at radius 1 is 1.00 bits per heavy atom. The van der Waals surface area contributed by atoms with Crippen molar-refractivity contribution in [1.82, 2.24) is 0 Å². The average molecular weight is 340 g/mol. The summed E-state index contributed by atoms with van der Waals surface area (Å²) in [5.41, 5.74) is 2.55. The largest absolute Gasteiger partial charge is 0.485 e. The van der Waals surface area contributed by atoms with Crippen molar-refractivity contribution < 1.29 is 18.3 Å². The van der Waals surface area contributed by atoms with Crippen LogP contribution in [0.4, 0.5) is 4.39 Å². The minimum absolute atomic E-state index is 0.187. The van der Waals surface area contributed by atoms with E-state index in [2.05, 4.69) is 0 Å². The fourth-order valence-corrected chi connectivity index (χ4v) is 2.64. The van der Waals surface area contributed by atoms with Gasteiger partial charge in [-0.2, -0.15) is 0 Å². The van der Waals surface area contributed by atoms with E-state index >= 15 is 0 Å². The summed E-state index contributed by atoms with van der Waals surface area (Å²) < 4.78 is 23.9. The highest BCUT2D eigenvalue weighted by molar-refractivity contribution is 5.97.